The molecule has 0 aromatic heterocycles. The van der Waals surface area contributed by atoms with Crippen LogP contribution in [0.25, 0.3) is 0 Å². The number of ketones is 1. The minimum absolute atomic E-state index is 0.0210. The number of carbonyl (C=O) groups excluding carboxylic acids is 1. The Bertz CT molecular complexity index is 241. The summed E-state index contributed by atoms with van der Waals surface area (Å²) in [7, 11) is 0. The van der Waals surface area contributed by atoms with Crippen molar-refractivity contribution in [2.75, 3.05) is 0 Å². The number of alkyl halides is 1. The first kappa shape index (κ1) is 8.28. The molecule has 0 aliphatic heterocycles. The highest BCUT2D eigenvalue weighted by Gasteiger charge is 2.10. The van der Waals surface area contributed by atoms with Gasteiger partial charge in [0.15, 0.2) is 5.78 Å². The Labute approximate surface area is 71.0 Å². The highest BCUT2D eigenvalue weighted by molar-refractivity contribution is 6.33. The second-order valence-electron chi connectivity index (χ2n) is 2.35. The summed E-state index contributed by atoms with van der Waals surface area (Å²) in [6.07, 6.45) is 0. The van der Waals surface area contributed by atoms with Gasteiger partial charge in [0, 0.05) is 5.56 Å². The van der Waals surface area contributed by atoms with Gasteiger partial charge in [-0.05, 0) is 6.92 Å². The molecule has 1 rings (SSSR count). The van der Waals surface area contributed by atoms with Crippen LogP contribution in [0, 0.1) is 0 Å². The molecule has 1 atom stereocenters. The molecule has 0 amide bonds. The number of Topliss-reactive ketones (excluding diaryl/α,β-unsaturated/α-hetero) is 1. The third-order valence-corrected chi connectivity index (χ3v) is 1.62. The Morgan fingerprint density at radius 1 is 1.36 bits per heavy atom. The van der Waals surface area contributed by atoms with Crippen molar-refractivity contribution in [3.05, 3.63) is 35.9 Å². The number of hydrogen-bond acceptors (Lipinski definition) is 1. The molecule has 0 aliphatic carbocycles. The molecule has 0 heterocycles. The first-order valence-corrected chi connectivity index (χ1v) is 3.89. The maximum Gasteiger partial charge on any atom is 0.180 e. The van der Waals surface area contributed by atoms with Gasteiger partial charge in [0.1, 0.15) is 0 Å². The van der Waals surface area contributed by atoms with Gasteiger partial charge in [0.05, 0.1) is 5.38 Å². The predicted molar refractivity (Wildman–Crippen MR) is 46.1 cm³/mol. The van der Waals surface area contributed by atoms with E-state index in [-0.39, 0.29) is 5.78 Å². The van der Waals surface area contributed by atoms with Crippen molar-refractivity contribution in [3.63, 3.8) is 0 Å². The number of benzene rings is 1. The van der Waals surface area contributed by atoms with Crippen LogP contribution in [0.3, 0.4) is 0 Å². The lowest BCUT2D eigenvalue weighted by molar-refractivity contribution is 0.0992. The second kappa shape index (κ2) is 3.54. The third kappa shape index (κ3) is 2.05. The van der Waals surface area contributed by atoms with Gasteiger partial charge in [-0.2, -0.15) is 0 Å². The topological polar surface area (TPSA) is 17.1 Å². The maximum atomic E-state index is 11.2. The summed E-state index contributed by atoms with van der Waals surface area (Å²) in [5, 5.41) is -0.433. The summed E-state index contributed by atoms with van der Waals surface area (Å²) < 4.78 is 0. The van der Waals surface area contributed by atoms with Gasteiger partial charge in [-0.3, -0.25) is 4.79 Å². The summed E-state index contributed by atoms with van der Waals surface area (Å²) in [6.45, 7) is 1.68. The lowest BCUT2D eigenvalue weighted by Crippen LogP contribution is -2.09. The number of hydrogen-bond donors (Lipinski definition) is 0. The minimum atomic E-state index is -0.433. The Morgan fingerprint density at radius 3 is 2.36 bits per heavy atom. The van der Waals surface area contributed by atoms with Crippen molar-refractivity contribution in [1.29, 1.82) is 0 Å². The van der Waals surface area contributed by atoms with Gasteiger partial charge in [-0.15, -0.1) is 11.6 Å². The molecular formula is C9H9ClO. The molecule has 0 radical (unpaired) electrons. The standard InChI is InChI=1S/C9H9ClO/c1-7(10)9(11)8-5-3-2-4-6-8/h2-7H,1H3. The predicted octanol–water partition coefficient (Wildman–Crippen LogP) is 2.50. The van der Waals surface area contributed by atoms with E-state index < -0.39 is 5.38 Å². The van der Waals surface area contributed by atoms with Gasteiger partial charge in [0.25, 0.3) is 0 Å². The molecule has 2 heteroatoms. The van der Waals surface area contributed by atoms with Gasteiger partial charge in [-0.25, -0.2) is 0 Å². The van der Waals surface area contributed by atoms with Crippen LogP contribution in [0.5, 0.6) is 0 Å². The zero-order valence-corrected chi connectivity index (χ0v) is 7.01. The maximum absolute atomic E-state index is 11.2. The fraction of sp³-hybridized carbons (Fsp3) is 0.222. The van der Waals surface area contributed by atoms with Crippen LogP contribution in [-0.4, -0.2) is 11.2 Å². The van der Waals surface area contributed by atoms with E-state index in [1.54, 1.807) is 19.1 Å². The lowest BCUT2D eigenvalue weighted by atomic mass is 10.1. The van der Waals surface area contributed by atoms with Gasteiger partial charge in [-0.1, -0.05) is 30.3 Å². The van der Waals surface area contributed by atoms with Crippen LogP contribution in [-0.2, 0) is 0 Å². The Morgan fingerprint density at radius 2 is 1.91 bits per heavy atom. The van der Waals surface area contributed by atoms with Crippen LogP contribution >= 0.6 is 11.6 Å². The van der Waals surface area contributed by atoms with Crippen molar-refractivity contribution in [2.24, 2.45) is 0 Å². The Kier molecular flexibility index (Phi) is 2.66. The molecule has 0 N–H and O–H groups in total. The summed E-state index contributed by atoms with van der Waals surface area (Å²) in [5.74, 6) is -0.0210. The fourth-order valence-electron chi connectivity index (χ4n) is 0.832. The van der Waals surface area contributed by atoms with Crippen LogP contribution in [0.2, 0.25) is 0 Å². The second-order valence-corrected chi connectivity index (χ2v) is 3.00. The molecule has 0 fully saturated rings. The van der Waals surface area contributed by atoms with E-state index >= 15 is 0 Å². The molecule has 0 saturated heterocycles. The van der Waals surface area contributed by atoms with Crippen LogP contribution in [0.4, 0.5) is 0 Å². The van der Waals surface area contributed by atoms with E-state index in [0.29, 0.717) is 5.56 Å². The Hall–Kier alpha value is -0.820. The average molecular weight is 169 g/mol. The van der Waals surface area contributed by atoms with E-state index in [0.717, 1.165) is 0 Å². The third-order valence-electron chi connectivity index (χ3n) is 1.42. The highest BCUT2D eigenvalue weighted by Crippen LogP contribution is 2.06. The highest BCUT2D eigenvalue weighted by atomic mass is 35.5. The molecular weight excluding hydrogens is 160 g/mol. The van der Waals surface area contributed by atoms with E-state index in [4.69, 9.17) is 11.6 Å². The van der Waals surface area contributed by atoms with Crippen molar-refractivity contribution >= 4 is 17.4 Å². The van der Waals surface area contributed by atoms with Crippen LogP contribution in [0.15, 0.2) is 30.3 Å². The summed E-state index contributed by atoms with van der Waals surface area (Å²) >= 11 is 5.61. The molecule has 1 aromatic rings. The molecule has 58 valence electrons. The normalized spacial score (nSPS) is 12.5. The molecule has 0 saturated carbocycles. The number of halogens is 1. The molecule has 1 unspecified atom stereocenters. The molecule has 0 spiro atoms. The molecule has 11 heavy (non-hydrogen) atoms. The van der Waals surface area contributed by atoms with Crippen LogP contribution < -0.4 is 0 Å². The van der Waals surface area contributed by atoms with Gasteiger partial charge >= 0.3 is 0 Å². The van der Waals surface area contributed by atoms with Crippen molar-refractivity contribution < 1.29 is 4.79 Å². The first-order chi connectivity index (χ1) is 5.22. The van der Waals surface area contributed by atoms with Crippen molar-refractivity contribution in [2.45, 2.75) is 12.3 Å². The average Bonchev–Trinajstić information content (AvgIpc) is 2.05. The largest absolute Gasteiger partial charge is 0.293 e. The quantitative estimate of drug-likeness (QED) is 0.490. The first-order valence-electron chi connectivity index (χ1n) is 3.45. The minimum Gasteiger partial charge on any atom is -0.293 e. The SMILES string of the molecule is CC(Cl)C(=O)c1ccccc1. The van der Waals surface area contributed by atoms with Gasteiger partial charge < -0.3 is 0 Å². The summed E-state index contributed by atoms with van der Waals surface area (Å²) in [6, 6.07) is 9.05. The molecule has 0 aliphatic rings. The fourth-order valence-corrected chi connectivity index (χ4v) is 0.958. The summed E-state index contributed by atoms with van der Waals surface area (Å²) in [4.78, 5) is 11.2. The van der Waals surface area contributed by atoms with E-state index in [9.17, 15) is 4.79 Å². The van der Waals surface area contributed by atoms with Gasteiger partial charge in [0.2, 0.25) is 0 Å². The monoisotopic (exact) mass is 168 g/mol. The zero-order chi connectivity index (χ0) is 8.27. The zero-order valence-electron chi connectivity index (χ0n) is 6.25. The van der Waals surface area contributed by atoms with Crippen molar-refractivity contribution in [1.82, 2.24) is 0 Å². The smallest absolute Gasteiger partial charge is 0.180 e. The Balaban J connectivity index is 2.86. The number of rotatable bonds is 2. The molecule has 0 bridgehead atoms. The molecule has 1 aromatic carbocycles. The number of carbonyl (C=O) groups is 1. The lowest BCUT2D eigenvalue weighted by Gasteiger charge is -2.00. The van der Waals surface area contributed by atoms with E-state index in [2.05, 4.69) is 0 Å². The summed E-state index contributed by atoms with van der Waals surface area (Å²) in [5.41, 5.74) is 0.676. The van der Waals surface area contributed by atoms with Crippen LogP contribution in [0.1, 0.15) is 17.3 Å². The van der Waals surface area contributed by atoms with Crippen molar-refractivity contribution in [3.8, 4) is 0 Å². The molecule has 1 nitrogen and oxygen atoms in total. The van der Waals surface area contributed by atoms with E-state index in [1.165, 1.54) is 0 Å². The van der Waals surface area contributed by atoms with E-state index in [1.807, 2.05) is 18.2 Å².